The molecular weight excluding hydrogens is 215 g/mol. The van der Waals surface area contributed by atoms with E-state index in [1.807, 2.05) is 0 Å². The topological polar surface area (TPSA) is 34.1 Å². The molecule has 86 valence electrons. The van der Waals surface area contributed by atoms with Gasteiger partial charge in [0.05, 0.1) is 5.75 Å². The van der Waals surface area contributed by atoms with E-state index in [0.29, 0.717) is 17.8 Å². The molecule has 0 aliphatic heterocycles. The van der Waals surface area contributed by atoms with Crippen LogP contribution in [0.4, 0.5) is 3.89 Å². The molecule has 4 fully saturated rings. The van der Waals surface area contributed by atoms with Gasteiger partial charge in [0, 0.05) is 0 Å². The predicted octanol–water partition coefficient (Wildman–Crippen LogP) is 2.50. The number of hydrogen-bond donors (Lipinski definition) is 0. The lowest BCUT2D eigenvalue weighted by molar-refractivity contribution is -0.0393. The van der Waals surface area contributed by atoms with Crippen molar-refractivity contribution in [1.29, 1.82) is 0 Å². The molecule has 0 unspecified atom stereocenters. The van der Waals surface area contributed by atoms with Gasteiger partial charge >= 0.3 is 10.2 Å². The fourth-order valence-electron chi connectivity index (χ4n) is 4.83. The van der Waals surface area contributed by atoms with Crippen LogP contribution in [0.3, 0.4) is 0 Å². The van der Waals surface area contributed by atoms with Gasteiger partial charge in [0.1, 0.15) is 0 Å². The first-order chi connectivity index (χ1) is 6.94. The van der Waals surface area contributed by atoms with Crippen molar-refractivity contribution < 1.29 is 12.3 Å². The SMILES string of the molecule is O=S(=O)(F)CC12CC3CC(CC(C3)C1)C2. The molecule has 2 nitrogen and oxygen atoms in total. The van der Waals surface area contributed by atoms with E-state index >= 15 is 0 Å². The summed E-state index contributed by atoms with van der Waals surface area (Å²) in [6.07, 6.45) is 6.69. The van der Waals surface area contributed by atoms with E-state index in [9.17, 15) is 12.3 Å². The summed E-state index contributed by atoms with van der Waals surface area (Å²) in [5.41, 5.74) is -0.178. The van der Waals surface area contributed by atoms with Crippen molar-refractivity contribution in [3.63, 3.8) is 0 Å². The zero-order chi connectivity index (χ0) is 10.7. The van der Waals surface area contributed by atoms with Crippen molar-refractivity contribution >= 4 is 10.2 Å². The minimum Gasteiger partial charge on any atom is -0.195 e. The summed E-state index contributed by atoms with van der Waals surface area (Å²) in [5, 5.41) is 0. The fraction of sp³-hybridized carbons (Fsp3) is 1.00. The van der Waals surface area contributed by atoms with E-state index in [1.54, 1.807) is 0 Å². The second kappa shape index (κ2) is 2.96. The highest BCUT2D eigenvalue weighted by atomic mass is 32.3. The molecule has 0 amide bonds. The van der Waals surface area contributed by atoms with Gasteiger partial charge in [-0.05, 0) is 61.7 Å². The molecule has 4 saturated carbocycles. The summed E-state index contributed by atoms with van der Waals surface area (Å²) < 4.78 is 34.6. The minimum atomic E-state index is -4.29. The molecule has 4 bridgehead atoms. The Morgan fingerprint density at radius 2 is 1.40 bits per heavy atom. The molecule has 0 heterocycles. The monoisotopic (exact) mass is 232 g/mol. The molecule has 0 aromatic heterocycles. The summed E-state index contributed by atoms with van der Waals surface area (Å²) in [6, 6.07) is 0. The second-order valence-electron chi connectivity index (χ2n) is 6.10. The number of rotatable bonds is 2. The maximum atomic E-state index is 12.9. The molecule has 0 saturated heterocycles. The number of hydrogen-bond acceptors (Lipinski definition) is 2. The Bertz CT molecular complexity index is 339. The van der Waals surface area contributed by atoms with Crippen LogP contribution in [0, 0.1) is 23.2 Å². The molecular formula is C11H17FO2S. The van der Waals surface area contributed by atoms with E-state index in [1.165, 1.54) is 19.3 Å². The summed E-state index contributed by atoms with van der Waals surface area (Å²) in [6.45, 7) is 0. The molecule has 0 atom stereocenters. The summed E-state index contributed by atoms with van der Waals surface area (Å²) in [7, 11) is -4.29. The molecule has 0 spiro atoms. The Hall–Kier alpha value is -0.120. The maximum Gasteiger partial charge on any atom is 0.302 e. The van der Waals surface area contributed by atoms with E-state index in [2.05, 4.69) is 0 Å². The lowest BCUT2D eigenvalue weighted by Gasteiger charge is -2.56. The molecule has 4 rings (SSSR count). The fourth-order valence-corrected chi connectivity index (χ4v) is 5.92. The van der Waals surface area contributed by atoms with Gasteiger partial charge in [-0.1, -0.05) is 0 Å². The van der Waals surface area contributed by atoms with Crippen molar-refractivity contribution in [1.82, 2.24) is 0 Å². The highest BCUT2D eigenvalue weighted by Gasteiger charge is 2.52. The van der Waals surface area contributed by atoms with Gasteiger partial charge in [0.15, 0.2) is 0 Å². The summed E-state index contributed by atoms with van der Waals surface area (Å²) in [4.78, 5) is 0. The summed E-state index contributed by atoms with van der Waals surface area (Å²) >= 11 is 0. The first-order valence-electron chi connectivity index (χ1n) is 5.86. The molecule has 0 aromatic carbocycles. The highest BCUT2D eigenvalue weighted by Crippen LogP contribution is 2.60. The van der Waals surface area contributed by atoms with Crippen molar-refractivity contribution in [2.75, 3.05) is 5.75 Å². The third-order valence-electron chi connectivity index (χ3n) is 4.64. The van der Waals surface area contributed by atoms with Crippen molar-refractivity contribution in [3.05, 3.63) is 0 Å². The lowest BCUT2D eigenvalue weighted by Crippen LogP contribution is -2.48. The van der Waals surface area contributed by atoms with Gasteiger partial charge in [-0.2, -0.15) is 8.42 Å². The van der Waals surface area contributed by atoms with Crippen molar-refractivity contribution in [2.24, 2.45) is 23.2 Å². The molecule has 0 aromatic rings. The van der Waals surface area contributed by atoms with Gasteiger partial charge in [0.25, 0.3) is 0 Å². The Morgan fingerprint density at radius 1 is 1.00 bits per heavy atom. The summed E-state index contributed by atoms with van der Waals surface area (Å²) in [5.74, 6) is 1.87. The average molecular weight is 232 g/mol. The lowest BCUT2D eigenvalue weighted by atomic mass is 9.50. The van der Waals surface area contributed by atoms with Crippen LogP contribution < -0.4 is 0 Å². The standard InChI is InChI=1S/C11H17FO2S/c12-15(13,14)7-11-4-8-1-9(5-11)3-10(2-8)6-11/h8-10H,1-7H2. The van der Waals surface area contributed by atoms with Crippen LogP contribution in [-0.4, -0.2) is 14.2 Å². The molecule has 4 aliphatic rings. The van der Waals surface area contributed by atoms with Crippen molar-refractivity contribution in [3.8, 4) is 0 Å². The van der Waals surface area contributed by atoms with Crippen LogP contribution in [0.15, 0.2) is 0 Å². The van der Waals surface area contributed by atoms with Crippen LogP contribution in [0.25, 0.3) is 0 Å². The average Bonchev–Trinajstić information content (AvgIpc) is 1.94. The smallest absolute Gasteiger partial charge is 0.195 e. The highest BCUT2D eigenvalue weighted by molar-refractivity contribution is 7.86. The van der Waals surface area contributed by atoms with Gasteiger partial charge in [-0.3, -0.25) is 0 Å². The second-order valence-corrected chi connectivity index (χ2v) is 7.47. The van der Waals surface area contributed by atoms with Gasteiger partial charge in [0.2, 0.25) is 0 Å². The van der Waals surface area contributed by atoms with Crippen LogP contribution in [-0.2, 0) is 10.2 Å². The molecule has 0 N–H and O–H groups in total. The van der Waals surface area contributed by atoms with E-state index in [-0.39, 0.29) is 11.2 Å². The van der Waals surface area contributed by atoms with Gasteiger partial charge in [-0.15, -0.1) is 3.89 Å². The first kappa shape index (κ1) is 10.1. The largest absolute Gasteiger partial charge is 0.302 e. The predicted molar refractivity (Wildman–Crippen MR) is 55.5 cm³/mol. The Balaban J connectivity index is 1.87. The van der Waals surface area contributed by atoms with E-state index in [0.717, 1.165) is 19.3 Å². The quantitative estimate of drug-likeness (QED) is 0.685. The van der Waals surface area contributed by atoms with Gasteiger partial charge in [-0.25, -0.2) is 0 Å². The van der Waals surface area contributed by atoms with Crippen LogP contribution in [0.1, 0.15) is 38.5 Å². The third kappa shape index (κ3) is 1.81. The molecule has 4 aliphatic carbocycles. The zero-order valence-corrected chi connectivity index (χ0v) is 9.60. The molecule has 15 heavy (non-hydrogen) atoms. The van der Waals surface area contributed by atoms with Gasteiger partial charge < -0.3 is 0 Å². The van der Waals surface area contributed by atoms with E-state index < -0.39 is 10.2 Å². The number of halogens is 1. The normalized spacial score (nSPS) is 48.5. The van der Waals surface area contributed by atoms with E-state index in [4.69, 9.17) is 0 Å². The zero-order valence-electron chi connectivity index (χ0n) is 8.78. The maximum absolute atomic E-state index is 12.9. The van der Waals surface area contributed by atoms with Crippen LogP contribution in [0.5, 0.6) is 0 Å². The molecule has 0 radical (unpaired) electrons. The molecule has 4 heteroatoms. The van der Waals surface area contributed by atoms with Crippen molar-refractivity contribution in [2.45, 2.75) is 38.5 Å². The van der Waals surface area contributed by atoms with Crippen LogP contribution in [0.2, 0.25) is 0 Å². The Labute approximate surface area is 90.5 Å². The van der Waals surface area contributed by atoms with Crippen LogP contribution >= 0.6 is 0 Å². The Morgan fingerprint density at radius 3 is 1.73 bits per heavy atom. The Kier molecular flexibility index (Phi) is 1.99. The first-order valence-corrected chi connectivity index (χ1v) is 7.42. The third-order valence-corrected chi connectivity index (χ3v) is 5.60. The minimum absolute atomic E-state index is 0.178.